The summed E-state index contributed by atoms with van der Waals surface area (Å²) in [5, 5.41) is 1.14. The molecular weight excluding hydrogens is 238 g/mol. The molecule has 0 aliphatic carbocycles. The lowest BCUT2D eigenvalue weighted by Crippen LogP contribution is -2.13. The summed E-state index contributed by atoms with van der Waals surface area (Å²) in [4.78, 5) is 18.8. The number of hydrogen-bond acceptors (Lipinski definition) is 2. The SMILES string of the molecule is Cc1nc(-c2ccc3[nH]ccc3c2)ccc1C(N)=O. The third-order valence-electron chi connectivity index (χ3n) is 3.20. The van der Waals surface area contributed by atoms with Gasteiger partial charge in [0.1, 0.15) is 0 Å². The minimum Gasteiger partial charge on any atom is -0.366 e. The fourth-order valence-corrected chi connectivity index (χ4v) is 2.19. The number of hydrogen-bond donors (Lipinski definition) is 2. The lowest BCUT2D eigenvalue weighted by atomic mass is 10.1. The molecule has 3 N–H and O–H groups in total. The van der Waals surface area contributed by atoms with Crippen molar-refractivity contribution in [3.05, 3.63) is 53.9 Å². The lowest BCUT2D eigenvalue weighted by Gasteiger charge is -2.05. The van der Waals surface area contributed by atoms with E-state index < -0.39 is 5.91 Å². The molecule has 19 heavy (non-hydrogen) atoms. The van der Waals surface area contributed by atoms with Crippen LogP contribution in [0.4, 0.5) is 0 Å². The summed E-state index contributed by atoms with van der Waals surface area (Å²) in [7, 11) is 0. The smallest absolute Gasteiger partial charge is 0.250 e. The molecule has 2 heterocycles. The molecule has 0 fully saturated rings. The van der Waals surface area contributed by atoms with Crippen molar-refractivity contribution in [1.29, 1.82) is 0 Å². The van der Waals surface area contributed by atoms with E-state index >= 15 is 0 Å². The summed E-state index contributed by atoms with van der Waals surface area (Å²) in [6.45, 7) is 1.79. The first-order valence-corrected chi connectivity index (χ1v) is 6.00. The Hall–Kier alpha value is -2.62. The number of nitrogens with zero attached hydrogens (tertiary/aromatic N) is 1. The first kappa shape index (κ1) is 11.5. The van der Waals surface area contributed by atoms with Crippen LogP contribution in [0.15, 0.2) is 42.6 Å². The number of nitrogens with one attached hydrogen (secondary N) is 1. The largest absolute Gasteiger partial charge is 0.366 e. The zero-order valence-corrected chi connectivity index (χ0v) is 10.5. The molecule has 0 atom stereocenters. The highest BCUT2D eigenvalue weighted by Crippen LogP contribution is 2.23. The maximum Gasteiger partial charge on any atom is 0.250 e. The van der Waals surface area contributed by atoms with Crippen LogP contribution in [0.25, 0.3) is 22.2 Å². The number of pyridine rings is 1. The van der Waals surface area contributed by atoms with E-state index in [-0.39, 0.29) is 0 Å². The number of nitrogens with two attached hydrogens (primary N) is 1. The van der Waals surface area contributed by atoms with Crippen molar-refractivity contribution in [2.75, 3.05) is 0 Å². The molecule has 1 amide bonds. The molecule has 0 bridgehead atoms. The normalized spacial score (nSPS) is 10.8. The number of rotatable bonds is 2. The second-order valence-electron chi connectivity index (χ2n) is 4.47. The molecule has 94 valence electrons. The molecule has 1 aromatic carbocycles. The van der Waals surface area contributed by atoms with Crippen LogP contribution in [0.3, 0.4) is 0 Å². The van der Waals surface area contributed by atoms with Gasteiger partial charge in [-0.25, -0.2) is 0 Å². The highest BCUT2D eigenvalue weighted by molar-refractivity contribution is 5.94. The van der Waals surface area contributed by atoms with Crippen LogP contribution < -0.4 is 5.73 Å². The fourth-order valence-electron chi connectivity index (χ4n) is 2.19. The molecule has 2 aromatic heterocycles. The number of carbonyl (C=O) groups excluding carboxylic acids is 1. The number of fused-ring (bicyclic) bond motifs is 1. The van der Waals surface area contributed by atoms with E-state index in [1.54, 1.807) is 13.0 Å². The maximum absolute atomic E-state index is 11.2. The number of carbonyl (C=O) groups is 1. The first-order valence-electron chi connectivity index (χ1n) is 6.00. The van der Waals surface area contributed by atoms with Crippen LogP contribution in [-0.2, 0) is 0 Å². The van der Waals surface area contributed by atoms with Crippen molar-refractivity contribution in [2.45, 2.75) is 6.92 Å². The summed E-state index contributed by atoms with van der Waals surface area (Å²) in [6.07, 6.45) is 1.91. The molecular formula is C15H13N3O. The van der Waals surface area contributed by atoms with Crippen LogP contribution in [0.2, 0.25) is 0 Å². The predicted octanol–water partition coefficient (Wildman–Crippen LogP) is 2.64. The Balaban J connectivity index is 2.10. The number of aryl methyl sites for hydroxylation is 1. The van der Waals surface area contributed by atoms with Crippen molar-refractivity contribution in [3.8, 4) is 11.3 Å². The van der Waals surface area contributed by atoms with Gasteiger partial charge < -0.3 is 10.7 Å². The Labute approximate surface area is 110 Å². The number of aromatic nitrogens is 2. The minimum absolute atomic E-state index is 0.447. The summed E-state index contributed by atoms with van der Waals surface area (Å²) >= 11 is 0. The van der Waals surface area contributed by atoms with Crippen molar-refractivity contribution in [2.24, 2.45) is 5.73 Å². The summed E-state index contributed by atoms with van der Waals surface area (Å²) in [5.41, 5.74) is 9.35. The van der Waals surface area contributed by atoms with Gasteiger partial charge in [0.15, 0.2) is 0 Å². The molecule has 0 aliphatic rings. The van der Waals surface area contributed by atoms with Crippen LogP contribution in [0.1, 0.15) is 16.1 Å². The van der Waals surface area contributed by atoms with Crippen LogP contribution in [-0.4, -0.2) is 15.9 Å². The van der Waals surface area contributed by atoms with Gasteiger partial charge in [-0.3, -0.25) is 9.78 Å². The molecule has 0 unspecified atom stereocenters. The van der Waals surface area contributed by atoms with Gasteiger partial charge in [0.2, 0.25) is 0 Å². The zero-order valence-electron chi connectivity index (χ0n) is 10.5. The molecule has 0 saturated carbocycles. The summed E-state index contributed by atoms with van der Waals surface area (Å²) in [5.74, 6) is -0.447. The van der Waals surface area contributed by atoms with Crippen molar-refractivity contribution >= 4 is 16.8 Å². The number of amides is 1. The van der Waals surface area contributed by atoms with Gasteiger partial charge in [0.05, 0.1) is 17.0 Å². The standard InChI is InChI=1S/C15H13N3O/c1-9-12(15(16)19)3-5-14(18-9)10-2-4-13-11(8-10)6-7-17-13/h2-8,17H,1H3,(H2,16,19). The van der Waals surface area contributed by atoms with Gasteiger partial charge in [-0.2, -0.15) is 0 Å². The Morgan fingerprint density at radius 1 is 1.21 bits per heavy atom. The molecule has 0 spiro atoms. The van der Waals surface area contributed by atoms with Crippen LogP contribution in [0, 0.1) is 6.92 Å². The van der Waals surface area contributed by atoms with E-state index in [4.69, 9.17) is 5.73 Å². The van der Waals surface area contributed by atoms with E-state index in [1.165, 1.54) is 0 Å². The molecule has 0 saturated heterocycles. The molecule has 4 nitrogen and oxygen atoms in total. The van der Waals surface area contributed by atoms with Gasteiger partial charge in [0.25, 0.3) is 5.91 Å². The number of benzene rings is 1. The third-order valence-corrected chi connectivity index (χ3v) is 3.20. The average molecular weight is 251 g/mol. The van der Waals surface area contributed by atoms with Crippen LogP contribution in [0.5, 0.6) is 0 Å². The molecule has 3 rings (SSSR count). The Bertz CT molecular complexity index is 774. The number of H-pyrrole nitrogens is 1. The molecule has 4 heteroatoms. The minimum atomic E-state index is -0.447. The van der Waals surface area contributed by atoms with Gasteiger partial charge >= 0.3 is 0 Å². The van der Waals surface area contributed by atoms with Gasteiger partial charge in [-0.15, -0.1) is 0 Å². The summed E-state index contributed by atoms with van der Waals surface area (Å²) < 4.78 is 0. The van der Waals surface area contributed by atoms with Gasteiger partial charge in [-0.1, -0.05) is 6.07 Å². The number of aromatic amines is 1. The van der Waals surface area contributed by atoms with E-state index in [9.17, 15) is 4.79 Å². The van der Waals surface area contributed by atoms with Crippen molar-refractivity contribution < 1.29 is 4.79 Å². The first-order chi connectivity index (χ1) is 9.15. The van der Waals surface area contributed by atoms with Gasteiger partial charge in [0, 0.05) is 22.7 Å². The van der Waals surface area contributed by atoms with E-state index in [1.807, 2.05) is 30.5 Å². The molecule has 0 aliphatic heterocycles. The topological polar surface area (TPSA) is 71.8 Å². The quantitative estimate of drug-likeness (QED) is 0.735. The second kappa shape index (κ2) is 4.24. The zero-order chi connectivity index (χ0) is 13.4. The van der Waals surface area contributed by atoms with E-state index in [0.29, 0.717) is 11.3 Å². The van der Waals surface area contributed by atoms with Crippen molar-refractivity contribution in [3.63, 3.8) is 0 Å². The maximum atomic E-state index is 11.2. The monoisotopic (exact) mass is 251 g/mol. The summed E-state index contributed by atoms with van der Waals surface area (Å²) in [6, 6.07) is 11.7. The van der Waals surface area contributed by atoms with E-state index in [0.717, 1.165) is 22.2 Å². The van der Waals surface area contributed by atoms with Crippen LogP contribution >= 0.6 is 0 Å². The van der Waals surface area contributed by atoms with Crippen molar-refractivity contribution in [1.82, 2.24) is 9.97 Å². The van der Waals surface area contributed by atoms with Gasteiger partial charge in [-0.05, 0) is 37.3 Å². The Kier molecular flexibility index (Phi) is 2.56. The average Bonchev–Trinajstić information content (AvgIpc) is 2.85. The fraction of sp³-hybridized carbons (Fsp3) is 0.0667. The second-order valence-corrected chi connectivity index (χ2v) is 4.47. The Morgan fingerprint density at radius 2 is 2.05 bits per heavy atom. The third kappa shape index (κ3) is 1.97. The van der Waals surface area contributed by atoms with E-state index in [2.05, 4.69) is 16.0 Å². The highest BCUT2D eigenvalue weighted by Gasteiger charge is 2.08. The predicted molar refractivity (Wildman–Crippen MR) is 74.8 cm³/mol. The highest BCUT2D eigenvalue weighted by atomic mass is 16.1. The molecule has 0 radical (unpaired) electrons. The number of primary amides is 1. The Morgan fingerprint density at radius 3 is 2.79 bits per heavy atom. The molecule has 3 aromatic rings. The lowest BCUT2D eigenvalue weighted by molar-refractivity contribution is 0.0999.